The molecule has 2 unspecified atom stereocenters. The van der Waals surface area contributed by atoms with Crippen molar-refractivity contribution in [3.05, 3.63) is 87.1 Å². The second-order valence-corrected chi connectivity index (χ2v) is 11.1. The number of aromatic nitrogens is 4. The highest BCUT2D eigenvalue weighted by molar-refractivity contribution is 5.81. The van der Waals surface area contributed by atoms with Crippen LogP contribution in [0, 0.1) is 41.2 Å². The van der Waals surface area contributed by atoms with E-state index in [0.717, 1.165) is 56.1 Å². The summed E-state index contributed by atoms with van der Waals surface area (Å²) in [6, 6.07) is 8.40. The molecule has 2 aliphatic heterocycles. The molecule has 220 valence electrons. The second kappa shape index (κ2) is 12.0. The molecule has 1 saturated heterocycles. The van der Waals surface area contributed by atoms with Crippen molar-refractivity contribution in [3.8, 4) is 29.7 Å². The summed E-state index contributed by atoms with van der Waals surface area (Å²) in [5.74, 6) is 9.80. The number of benzene rings is 1. The molecular formula is C33H31F2N5O3. The molecule has 6 rings (SSSR count). The van der Waals surface area contributed by atoms with Crippen LogP contribution < -0.4 is 15.6 Å². The van der Waals surface area contributed by atoms with Gasteiger partial charge in [-0.3, -0.25) is 4.79 Å². The molecule has 0 amide bonds. The van der Waals surface area contributed by atoms with Gasteiger partial charge in [-0.1, -0.05) is 12.8 Å². The lowest BCUT2D eigenvalue weighted by Crippen LogP contribution is -2.37. The van der Waals surface area contributed by atoms with Crippen LogP contribution in [0.25, 0.3) is 11.0 Å². The number of halogens is 2. The Morgan fingerprint density at radius 3 is 2.88 bits per heavy atom. The highest BCUT2D eigenvalue weighted by atomic mass is 19.1. The quantitative estimate of drug-likeness (QED) is 0.286. The van der Waals surface area contributed by atoms with Gasteiger partial charge in [0.15, 0.2) is 0 Å². The SMILES string of the molecule is C[C@@H](COc1nc(C#CC#CCC(O)(c2cc(F)ccc2F)c2ccc3n(c2=O)CCC3)c2cc[nH]c2n1)C1CCCN1. The largest absolute Gasteiger partial charge is 0.463 e. The van der Waals surface area contributed by atoms with E-state index in [9.17, 15) is 18.7 Å². The Labute approximate surface area is 247 Å². The predicted molar refractivity (Wildman–Crippen MR) is 157 cm³/mol. The number of rotatable bonds is 7. The van der Waals surface area contributed by atoms with Gasteiger partial charge in [0.2, 0.25) is 0 Å². The first kappa shape index (κ1) is 28.6. The van der Waals surface area contributed by atoms with Gasteiger partial charge in [-0.2, -0.15) is 9.97 Å². The fourth-order valence-electron chi connectivity index (χ4n) is 5.87. The van der Waals surface area contributed by atoms with E-state index in [4.69, 9.17) is 4.74 Å². The van der Waals surface area contributed by atoms with Crippen LogP contribution in [-0.2, 0) is 18.6 Å². The number of nitrogens with one attached hydrogen (secondary N) is 2. The predicted octanol–water partition coefficient (Wildman–Crippen LogP) is 3.79. The summed E-state index contributed by atoms with van der Waals surface area (Å²) in [5, 5.41) is 16.0. The van der Waals surface area contributed by atoms with Crippen LogP contribution in [0.3, 0.4) is 0 Å². The summed E-state index contributed by atoms with van der Waals surface area (Å²) in [4.78, 5) is 25.3. The molecule has 0 radical (unpaired) electrons. The Balaban J connectivity index is 1.28. The molecule has 43 heavy (non-hydrogen) atoms. The van der Waals surface area contributed by atoms with Gasteiger partial charge < -0.3 is 24.7 Å². The molecule has 0 aliphatic carbocycles. The van der Waals surface area contributed by atoms with Gasteiger partial charge in [0.1, 0.15) is 28.6 Å². The lowest BCUT2D eigenvalue weighted by molar-refractivity contribution is 0.0800. The van der Waals surface area contributed by atoms with E-state index >= 15 is 0 Å². The fourth-order valence-corrected chi connectivity index (χ4v) is 5.87. The number of ether oxygens (including phenoxy) is 1. The molecule has 2 aliphatic rings. The van der Waals surface area contributed by atoms with Crippen molar-refractivity contribution < 1.29 is 18.6 Å². The number of aryl methyl sites for hydroxylation is 1. The van der Waals surface area contributed by atoms with Crippen LogP contribution in [0.15, 0.2) is 47.4 Å². The van der Waals surface area contributed by atoms with Crippen molar-refractivity contribution in [3.63, 3.8) is 0 Å². The van der Waals surface area contributed by atoms with Gasteiger partial charge in [0, 0.05) is 42.4 Å². The summed E-state index contributed by atoms with van der Waals surface area (Å²) in [7, 11) is 0. The number of hydrogen-bond donors (Lipinski definition) is 3. The van der Waals surface area contributed by atoms with E-state index in [1.54, 1.807) is 22.9 Å². The number of nitrogens with zero attached hydrogens (tertiary/aromatic N) is 3. The fraction of sp³-hybridized carbons (Fsp3) is 0.364. The molecule has 3 N–H and O–H groups in total. The molecule has 4 aromatic rings. The third kappa shape index (κ3) is 5.77. The normalized spacial score (nSPS) is 17.8. The first-order valence-electron chi connectivity index (χ1n) is 14.4. The number of H-pyrrole nitrogens is 1. The minimum atomic E-state index is -2.20. The average Bonchev–Trinajstić information content (AvgIpc) is 3.79. The zero-order valence-electron chi connectivity index (χ0n) is 23.7. The van der Waals surface area contributed by atoms with Crippen LogP contribution >= 0.6 is 0 Å². The van der Waals surface area contributed by atoms with Crippen molar-refractivity contribution in [2.75, 3.05) is 13.2 Å². The number of pyridine rings is 1. The first-order chi connectivity index (χ1) is 20.8. The van der Waals surface area contributed by atoms with E-state index in [1.165, 1.54) is 6.07 Å². The molecule has 8 nitrogen and oxygen atoms in total. The minimum absolute atomic E-state index is 0.0708. The third-order valence-corrected chi connectivity index (χ3v) is 8.23. The van der Waals surface area contributed by atoms with Gasteiger partial charge in [-0.15, -0.1) is 0 Å². The molecule has 3 aromatic heterocycles. The van der Waals surface area contributed by atoms with Crippen molar-refractivity contribution in [2.24, 2.45) is 5.92 Å². The number of fused-ring (bicyclic) bond motifs is 2. The molecule has 1 aromatic carbocycles. The summed E-state index contributed by atoms with van der Waals surface area (Å²) in [6.07, 6.45) is 5.13. The molecule has 5 heterocycles. The van der Waals surface area contributed by atoms with Gasteiger partial charge in [-0.05, 0) is 86.4 Å². The Morgan fingerprint density at radius 2 is 2.05 bits per heavy atom. The Bertz CT molecular complexity index is 1860. The maximum absolute atomic E-state index is 15.0. The highest BCUT2D eigenvalue weighted by Gasteiger charge is 2.37. The van der Waals surface area contributed by atoms with Crippen LogP contribution in [0.5, 0.6) is 6.01 Å². The Morgan fingerprint density at radius 1 is 1.16 bits per heavy atom. The molecule has 1 fully saturated rings. The third-order valence-electron chi connectivity index (χ3n) is 8.23. The van der Waals surface area contributed by atoms with Crippen molar-refractivity contribution in [1.82, 2.24) is 24.8 Å². The van der Waals surface area contributed by atoms with E-state index in [1.807, 2.05) is 0 Å². The summed E-state index contributed by atoms with van der Waals surface area (Å²) < 4.78 is 36.7. The lowest BCUT2D eigenvalue weighted by atomic mass is 9.83. The maximum atomic E-state index is 15.0. The van der Waals surface area contributed by atoms with Crippen LogP contribution in [0.4, 0.5) is 8.78 Å². The number of aromatic amines is 1. The Hall–Kier alpha value is -4.51. The number of hydrogen-bond acceptors (Lipinski definition) is 6. The van der Waals surface area contributed by atoms with E-state index < -0.39 is 22.8 Å². The second-order valence-electron chi connectivity index (χ2n) is 11.1. The van der Waals surface area contributed by atoms with Crippen molar-refractivity contribution in [1.29, 1.82) is 0 Å². The molecular weight excluding hydrogens is 552 g/mol. The maximum Gasteiger partial charge on any atom is 0.319 e. The van der Waals surface area contributed by atoms with Gasteiger partial charge in [0.05, 0.1) is 17.6 Å². The molecule has 0 bridgehead atoms. The summed E-state index contributed by atoms with van der Waals surface area (Å²) in [6.45, 7) is 4.09. The molecule has 0 saturated carbocycles. The van der Waals surface area contributed by atoms with E-state index in [0.29, 0.717) is 35.9 Å². The molecule has 3 atom stereocenters. The monoisotopic (exact) mass is 583 g/mol. The lowest BCUT2D eigenvalue weighted by Gasteiger charge is -2.27. The zero-order chi connectivity index (χ0) is 30.0. The first-order valence-corrected chi connectivity index (χ1v) is 14.4. The standard InChI is InChI=1S/C33H31F2N5O3/c1-21(28-9-5-16-36-28)20-43-32-38-29(24-14-17-37-30(24)39-32)8-3-2-4-15-33(42,26-19-22(34)10-13-27(26)35)25-12-11-23-7-6-18-40(23)31(25)41/h10-14,17,19,21,28,36,42H,5-7,9,15-16,18,20H2,1H3,(H,37,38,39)/t21-,28?,33?/m0/s1. The minimum Gasteiger partial charge on any atom is -0.463 e. The van der Waals surface area contributed by atoms with Gasteiger partial charge in [0.25, 0.3) is 5.56 Å². The van der Waals surface area contributed by atoms with Crippen LogP contribution in [0.2, 0.25) is 0 Å². The average molecular weight is 584 g/mol. The smallest absolute Gasteiger partial charge is 0.319 e. The van der Waals surface area contributed by atoms with Crippen molar-refractivity contribution in [2.45, 2.75) is 57.2 Å². The molecule has 10 heteroatoms. The molecule has 0 spiro atoms. The van der Waals surface area contributed by atoms with Gasteiger partial charge in [-0.25, -0.2) is 8.78 Å². The van der Waals surface area contributed by atoms with Crippen LogP contribution in [0.1, 0.15) is 55.1 Å². The highest BCUT2D eigenvalue weighted by Crippen LogP contribution is 2.34. The van der Waals surface area contributed by atoms with E-state index in [2.05, 4.69) is 50.9 Å². The number of aliphatic hydroxyl groups is 1. The Kier molecular flexibility index (Phi) is 7.98. The zero-order valence-corrected chi connectivity index (χ0v) is 23.7. The van der Waals surface area contributed by atoms with E-state index in [-0.39, 0.29) is 29.5 Å². The topological polar surface area (TPSA) is 105 Å². The summed E-state index contributed by atoms with van der Waals surface area (Å²) >= 11 is 0. The van der Waals surface area contributed by atoms with Gasteiger partial charge >= 0.3 is 6.01 Å². The summed E-state index contributed by atoms with van der Waals surface area (Å²) in [5.41, 5.74) is -1.26. The van der Waals surface area contributed by atoms with Crippen molar-refractivity contribution >= 4 is 11.0 Å². The van der Waals surface area contributed by atoms with Crippen LogP contribution in [-0.4, -0.2) is 43.8 Å².